The third-order valence-corrected chi connectivity index (χ3v) is 1.95. The van der Waals surface area contributed by atoms with Crippen LogP contribution in [0.4, 0.5) is 0 Å². The highest BCUT2D eigenvalue weighted by Crippen LogP contribution is 2.21. The average Bonchev–Trinajstić information content (AvgIpc) is 1.86. The van der Waals surface area contributed by atoms with Crippen molar-refractivity contribution < 1.29 is 0 Å². The zero-order chi connectivity index (χ0) is 8.48. The molecule has 0 saturated heterocycles. The number of hydrogen-bond donors (Lipinski definition) is 0. The molecule has 0 aliphatic carbocycles. The van der Waals surface area contributed by atoms with E-state index in [1.54, 1.807) is 0 Å². The lowest BCUT2D eigenvalue weighted by molar-refractivity contribution is 0.757. The van der Waals surface area contributed by atoms with Crippen LogP contribution in [0.5, 0.6) is 0 Å². The highest BCUT2D eigenvalue weighted by atomic mass is 14.1. The van der Waals surface area contributed by atoms with Crippen molar-refractivity contribution in [2.24, 2.45) is 0 Å². The second kappa shape index (κ2) is 2.73. The van der Waals surface area contributed by atoms with E-state index < -0.39 is 0 Å². The number of aryl methyl sites for hydroxylation is 1. The molecule has 0 radical (unpaired) electrons. The lowest BCUT2D eigenvalue weighted by Crippen LogP contribution is -2.17. The van der Waals surface area contributed by atoms with Gasteiger partial charge in [-0.1, -0.05) is 38.1 Å². The largest absolute Gasteiger partial charge is 0.114 e. The Morgan fingerprint density at radius 2 is 1.73 bits per heavy atom. The van der Waals surface area contributed by atoms with Crippen molar-refractivity contribution in [1.29, 1.82) is 0 Å². The minimum Gasteiger partial charge on any atom is -0.0632 e. The Morgan fingerprint density at radius 1 is 1.18 bits per heavy atom. The average molecular weight is 146 g/mol. The van der Waals surface area contributed by atoms with Gasteiger partial charge in [-0.3, -0.25) is 0 Å². The maximum atomic E-state index is 2.25. The summed E-state index contributed by atoms with van der Waals surface area (Å²) >= 11 is 0. The number of rotatable bonds is 1. The van der Waals surface area contributed by atoms with Gasteiger partial charge in [0.1, 0.15) is 7.85 Å². The van der Waals surface area contributed by atoms with Crippen LogP contribution in [0, 0.1) is 6.92 Å². The lowest BCUT2D eigenvalue weighted by atomic mass is 9.66. The summed E-state index contributed by atoms with van der Waals surface area (Å²) in [4.78, 5) is 0. The summed E-state index contributed by atoms with van der Waals surface area (Å²) in [6.07, 6.45) is 0. The van der Waals surface area contributed by atoms with Gasteiger partial charge in [0.2, 0.25) is 0 Å². The second-order valence-electron chi connectivity index (χ2n) is 4.06. The van der Waals surface area contributed by atoms with E-state index in [4.69, 9.17) is 0 Å². The lowest BCUT2D eigenvalue weighted by Gasteiger charge is -2.21. The van der Waals surface area contributed by atoms with E-state index in [1.807, 2.05) is 0 Å². The summed E-state index contributed by atoms with van der Waals surface area (Å²) in [7, 11) is 2.25. The second-order valence-corrected chi connectivity index (χ2v) is 4.06. The molecule has 0 saturated carbocycles. The molecule has 0 fully saturated rings. The molecule has 0 spiro atoms. The van der Waals surface area contributed by atoms with Crippen molar-refractivity contribution in [3.05, 3.63) is 35.4 Å². The van der Waals surface area contributed by atoms with Crippen molar-refractivity contribution >= 4 is 7.85 Å². The Labute approximate surface area is 70.0 Å². The summed E-state index contributed by atoms with van der Waals surface area (Å²) in [5.41, 5.74) is 2.83. The van der Waals surface area contributed by atoms with Gasteiger partial charge in [-0.25, -0.2) is 0 Å². The Kier molecular flexibility index (Phi) is 2.08. The molecule has 1 aromatic carbocycles. The molecule has 11 heavy (non-hydrogen) atoms. The fraction of sp³-hybridized carbons (Fsp3) is 0.400. The highest BCUT2D eigenvalue weighted by Gasteiger charge is 2.14. The van der Waals surface area contributed by atoms with Gasteiger partial charge in [0.05, 0.1) is 0 Å². The molecule has 0 aliphatic rings. The van der Waals surface area contributed by atoms with E-state index >= 15 is 0 Å². The zero-order valence-electron chi connectivity index (χ0n) is 7.81. The molecular formula is C10H15B. The summed E-state index contributed by atoms with van der Waals surface area (Å²) in [5, 5.41) is 0.283. The quantitative estimate of drug-likeness (QED) is 0.530. The van der Waals surface area contributed by atoms with Crippen LogP contribution in [0.1, 0.15) is 25.0 Å². The zero-order valence-corrected chi connectivity index (χ0v) is 7.81. The smallest absolute Gasteiger partial charge is 0.0632 e. The summed E-state index contributed by atoms with van der Waals surface area (Å²) in [6.45, 7) is 6.66. The first-order valence-corrected chi connectivity index (χ1v) is 4.08. The molecule has 0 nitrogen and oxygen atoms in total. The Hall–Kier alpha value is -0.715. The monoisotopic (exact) mass is 146 g/mol. The summed E-state index contributed by atoms with van der Waals surface area (Å²) in [5.74, 6) is 0. The maximum Gasteiger partial charge on any atom is 0.114 e. The van der Waals surface area contributed by atoms with Gasteiger partial charge >= 0.3 is 0 Å². The van der Waals surface area contributed by atoms with Crippen molar-refractivity contribution in [2.45, 2.75) is 26.1 Å². The highest BCUT2D eigenvalue weighted by molar-refractivity contribution is 6.15. The molecule has 0 unspecified atom stereocenters. The Balaban J connectivity index is 3.14. The molecule has 1 rings (SSSR count). The van der Waals surface area contributed by atoms with Gasteiger partial charge in [-0.05, 0) is 23.4 Å². The summed E-state index contributed by atoms with van der Waals surface area (Å²) < 4.78 is 0. The van der Waals surface area contributed by atoms with E-state index in [1.165, 1.54) is 11.1 Å². The van der Waals surface area contributed by atoms with Crippen LogP contribution in [0.2, 0.25) is 0 Å². The minimum atomic E-state index is 0.283. The molecule has 0 atom stereocenters. The maximum absolute atomic E-state index is 2.25. The molecule has 58 valence electrons. The molecule has 0 heterocycles. The first-order valence-electron chi connectivity index (χ1n) is 4.08. The predicted octanol–water partition coefficient (Wildman–Crippen LogP) is 1.86. The molecule has 0 aromatic heterocycles. The van der Waals surface area contributed by atoms with Crippen LogP contribution < -0.4 is 0 Å². The van der Waals surface area contributed by atoms with Crippen LogP contribution in [0.15, 0.2) is 24.3 Å². The van der Waals surface area contributed by atoms with Gasteiger partial charge in [0.15, 0.2) is 0 Å². The Bertz CT molecular complexity index is 245. The fourth-order valence-corrected chi connectivity index (χ4v) is 1.41. The molecule has 0 N–H and O–H groups in total. The van der Waals surface area contributed by atoms with Crippen molar-refractivity contribution in [1.82, 2.24) is 0 Å². The van der Waals surface area contributed by atoms with Gasteiger partial charge < -0.3 is 0 Å². The van der Waals surface area contributed by atoms with E-state index in [2.05, 4.69) is 52.9 Å². The normalized spacial score (nSPS) is 11.5. The van der Waals surface area contributed by atoms with Crippen LogP contribution in [-0.2, 0) is 5.31 Å². The van der Waals surface area contributed by atoms with Crippen molar-refractivity contribution in [3.63, 3.8) is 0 Å². The summed E-state index contributed by atoms with van der Waals surface area (Å²) in [6, 6.07) is 8.56. The fourth-order valence-electron chi connectivity index (χ4n) is 1.41. The molecule has 1 heteroatoms. The molecular weight excluding hydrogens is 131 g/mol. The van der Waals surface area contributed by atoms with E-state index in [-0.39, 0.29) is 5.31 Å². The van der Waals surface area contributed by atoms with E-state index in [9.17, 15) is 0 Å². The van der Waals surface area contributed by atoms with Gasteiger partial charge in [-0.2, -0.15) is 0 Å². The first kappa shape index (κ1) is 8.38. The molecule has 0 bridgehead atoms. The van der Waals surface area contributed by atoms with Crippen LogP contribution in [-0.4, -0.2) is 7.85 Å². The van der Waals surface area contributed by atoms with E-state index in [0.29, 0.717) is 0 Å². The third-order valence-electron chi connectivity index (χ3n) is 1.95. The van der Waals surface area contributed by atoms with Gasteiger partial charge in [0, 0.05) is 0 Å². The van der Waals surface area contributed by atoms with Crippen LogP contribution in [0.3, 0.4) is 0 Å². The standard InChI is InChI=1S/C10H15B/c1-8-6-4-5-7-9(8)10(2,3)11/h4-7H,11H2,1-3H3. The predicted molar refractivity (Wildman–Crippen MR) is 52.7 cm³/mol. The number of benzene rings is 1. The third kappa shape index (κ3) is 1.86. The number of hydrogen-bond acceptors (Lipinski definition) is 0. The van der Waals surface area contributed by atoms with Crippen molar-refractivity contribution in [2.75, 3.05) is 0 Å². The topological polar surface area (TPSA) is 0 Å². The van der Waals surface area contributed by atoms with Crippen molar-refractivity contribution in [3.8, 4) is 0 Å². The molecule has 0 aliphatic heterocycles. The molecule has 1 aromatic rings. The van der Waals surface area contributed by atoms with Gasteiger partial charge in [0.25, 0.3) is 0 Å². The van der Waals surface area contributed by atoms with Crippen LogP contribution >= 0.6 is 0 Å². The first-order chi connectivity index (χ1) is 5.02. The van der Waals surface area contributed by atoms with Gasteiger partial charge in [-0.15, -0.1) is 0 Å². The SMILES string of the molecule is BC(C)(C)c1ccccc1C. The van der Waals surface area contributed by atoms with Crippen LogP contribution in [0.25, 0.3) is 0 Å². The molecule has 0 amide bonds. The van der Waals surface area contributed by atoms with E-state index in [0.717, 1.165) is 0 Å². The minimum absolute atomic E-state index is 0.283. The Morgan fingerprint density at radius 3 is 2.09 bits per heavy atom.